The van der Waals surface area contributed by atoms with E-state index in [4.69, 9.17) is 9.84 Å². The van der Waals surface area contributed by atoms with E-state index in [0.29, 0.717) is 0 Å². The van der Waals surface area contributed by atoms with Gasteiger partial charge in [-0.2, -0.15) is 0 Å². The molecule has 0 saturated carbocycles. The summed E-state index contributed by atoms with van der Waals surface area (Å²) in [7, 11) is 1.54. The second-order valence-corrected chi connectivity index (χ2v) is 3.69. The molecule has 1 unspecified atom stereocenters. The van der Waals surface area contributed by atoms with E-state index in [1.807, 2.05) is 20.8 Å². The fourth-order valence-corrected chi connectivity index (χ4v) is 0.902. The van der Waals surface area contributed by atoms with Gasteiger partial charge in [0.15, 0.2) is 0 Å². The standard InChI is InChI=1S/C8H16O3/c1-8(2,3)6(11-4)5-7(9)10/h6H,5H2,1-4H3,(H,9,10). The predicted molar refractivity (Wildman–Crippen MR) is 42.5 cm³/mol. The number of rotatable bonds is 3. The Morgan fingerprint density at radius 2 is 2.00 bits per heavy atom. The van der Waals surface area contributed by atoms with Crippen LogP contribution in [0.4, 0.5) is 0 Å². The maximum atomic E-state index is 10.3. The van der Waals surface area contributed by atoms with Crippen molar-refractivity contribution < 1.29 is 14.6 Å². The lowest BCUT2D eigenvalue weighted by molar-refractivity contribution is -0.141. The van der Waals surface area contributed by atoms with E-state index in [0.717, 1.165) is 0 Å². The van der Waals surface area contributed by atoms with Gasteiger partial charge in [0.2, 0.25) is 0 Å². The van der Waals surface area contributed by atoms with Gasteiger partial charge in [0.05, 0.1) is 12.5 Å². The summed E-state index contributed by atoms with van der Waals surface area (Å²) in [5, 5.41) is 8.50. The van der Waals surface area contributed by atoms with Crippen LogP contribution in [-0.2, 0) is 9.53 Å². The van der Waals surface area contributed by atoms with Gasteiger partial charge in [0.1, 0.15) is 0 Å². The van der Waals surface area contributed by atoms with Gasteiger partial charge in [-0.15, -0.1) is 0 Å². The fourth-order valence-electron chi connectivity index (χ4n) is 0.902. The zero-order valence-electron chi connectivity index (χ0n) is 7.55. The van der Waals surface area contributed by atoms with Gasteiger partial charge in [-0.25, -0.2) is 0 Å². The van der Waals surface area contributed by atoms with Crippen molar-refractivity contribution >= 4 is 5.97 Å². The minimum atomic E-state index is -0.813. The van der Waals surface area contributed by atoms with Crippen molar-refractivity contribution in [1.29, 1.82) is 0 Å². The SMILES string of the molecule is COC(CC(=O)O)C(C)(C)C. The molecule has 0 aromatic heterocycles. The Balaban J connectivity index is 4.07. The third-order valence-corrected chi connectivity index (χ3v) is 1.61. The molecule has 0 saturated heterocycles. The van der Waals surface area contributed by atoms with Gasteiger partial charge in [-0.3, -0.25) is 4.79 Å². The Morgan fingerprint density at radius 3 is 2.09 bits per heavy atom. The number of hydrogen-bond acceptors (Lipinski definition) is 2. The first-order valence-electron chi connectivity index (χ1n) is 3.62. The highest BCUT2D eigenvalue weighted by Crippen LogP contribution is 2.23. The quantitative estimate of drug-likeness (QED) is 0.681. The van der Waals surface area contributed by atoms with Crippen molar-refractivity contribution in [3.8, 4) is 0 Å². The second-order valence-electron chi connectivity index (χ2n) is 3.69. The lowest BCUT2D eigenvalue weighted by Crippen LogP contribution is -2.30. The summed E-state index contributed by atoms with van der Waals surface area (Å²) >= 11 is 0. The Bertz CT molecular complexity index is 135. The minimum absolute atomic E-state index is 0.0694. The number of ether oxygens (including phenoxy) is 1. The number of methoxy groups -OCH3 is 1. The number of aliphatic carboxylic acids is 1. The first kappa shape index (κ1) is 10.4. The van der Waals surface area contributed by atoms with E-state index in [2.05, 4.69) is 0 Å². The highest BCUT2D eigenvalue weighted by atomic mass is 16.5. The molecule has 0 spiro atoms. The number of carbonyl (C=O) groups is 1. The fraction of sp³-hybridized carbons (Fsp3) is 0.875. The molecule has 0 aliphatic rings. The average molecular weight is 160 g/mol. The van der Waals surface area contributed by atoms with Crippen molar-refractivity contribution in [2.24, 2.45) is 5.41 Å². The molecular weight excluding hydrogens is 144 g/mol. The third kappa shape index (κ3) is 3.98. The van der Waals surface area contributed by atoms with E-state index < -0.39 is 5.97 Å². The van der Waals surface area contributed by atoms with Crippen LogP contribution in [0, 0.1) is 5.41 Å². The molecule has 0 aromatic carbocycles. The van der Waals surface area contributed by atoms with E-state index >= 15 is 0 Å². The number of hydrogen-bond donors (Lipinski definition) is 1. The van der Waals surface area contributed by atoms with Crippen molar-refractivity contribution in [3.05, 3.63) is 0 Å². The zero-order chi connectivity index (χ0) is 9.07. The maximum Gasteiger partial charge on any atom is 0.306 e. The monoisotopic (exact) mass is 160 g/mol. The topological polar surface area (TPSA) is 46.5 Å². The van der Waals surface area contributed by atoms with Gasteiger partial charge in [-0.1, -0.05) is 20.8 Å². The van der Waals surface area contributed by atoms with Crippen LogP contribution >= 0.6 is 0 Å². The molecule has 66 valence electrons. The van der Waals surface area contributed by atoms with Crippen molar-refractivity contribution in [2.75, 3.05) is 7.11 Å². The van der Waals surface area contributed by atoms with Gasteiger partial charge in [0, 0.05) is 7.11 Å². The van der Waals surface area contributed by atoms with Crippen LogP contribution in [0.15, 0.2) is 0 Å². The molecule has 3 nitrogen and oxygen atoms in total. The normalized spacial score (nSPS) is 14.5. The van der Waals surface area contributed by atoms with Crippen molar-refractivity contribution in [1.82, 2.24) is 0 Å². The van der Waals surface area contributed by atoms with Crippen LogP contribution in [0.2, 0.25) is 0 Å². The Labute approximate surface area is 67.4 Å². The highest BCUT2D eigenvalue weighted by molar-refractivity contribution is 5.67. The molecule has 1 atom stereocenters. The van der Waals surface area contributed by atoms with Crippen molar-refractivity contribution in [3.63, 3.8) is 0 Å². The van der Waals surface area contributed by atoms with Gasteiger partial charge in [0.25, 0.3) is 0 Å². The van der Waals surface area contributed by atoms with Gasteiger partial charge in [-0.05, 0) is 5.41 Å². The molecule has 0 rings (SSSR count). The molecule has 0 heterocycles. The minimum Gasteiger partial charge on any atom is -0.481 e. The smallest absolute Gasteiger partial charge is 0.306 e. The molecule has 0 radical (unpaired) electrons. The molecule has 0 aliphatic carbocycles. The van der Waals surface area contributed by atoms with Gasteiger partial charge >= 0.3 is 5.97 Å². The Kier molecular flexibility index (Phi) is 3.52. The molecule has 11 heavy (non-hydrogen) atoms. The van der Waals surface area contributed by atoms with E-state index in [1.165, 1.54) is 0 Å². The summed E-state index contributed by atoms with van der Waals surface area (Å²) in [6, 6.07) is 0. The summed E-state index contributed by atoms with van der Waals surface area (Å²) < 4.78 is 5.04. The first-order chi connectivity index (χ1) is 4.88. The van der Waals surface area contributed by atoms with Crippen LogP contribution in [-0.4, -0.2) is 24.3 Å². The average Bonchev–Trinajstić information content (AvgIpc) is 1.79. The summed E-state index contributed by atoms with van der Waals surface area (Å²) in [4.78, 5) is 10.3. The third-order valence-electron chi connectivity index (χ3n) is 1.61. The second kappa shape index (κ2) is 3.72. The van der Waals surface area contributed by atoms with Crippen LogP contribution < -0.4 is 0 Å². The van der Waals surface area contributed by atoms with Crippen LogP contribution in [0.5, 0.6) is 0 Å². The summed E-state index contributed by atoms with van der Waals surface area (Å²) in [5.74, 6) is -0.813. The lowest BCUT2D eigenvalue weighted by Gasteiger charge is -2.27. The Morgan fingerprint density at radius 1 is 1.55 bits per heavy atom. The molecule has 0 fully saturated rings. The maximum absolute atomic E-state index is 10.3. The predicted octanol–water partition coefficient (Wildman–Crippen LogP) is 1.52. The summed E-state index contributed by atoms with van der Waals surface area (Å²) in [5.41, 5.74) is -0.104. The summed E-state index contributed by atoms with van der Waals surface area (Å²) in [6.45, 7) is 5.89. The zero-order valence-corrected chi connectivity index (χ0v) is 7.55. The van der Waals surface area contributed by atoms with E-state index in [-0.39, 0.29) is 17.9 Å². The largest absolute Gasteiger partial charge is 0.481 e. The van der Waals surface area contributed by atoms with Crippen LogP contribution in [0.1, 0.15) is 27.2 Å². The van der Waals surface area contributed by atoms with Crippen LogP contribution in [0.25, 0.3) is 0 Å². The van der Waals surface area contributed by atoms with Gasteiger partial charge < -0.3 is 9.84 Å². The Hall–Kier alpha value is -0.570. The van der Waals surface area contributed by atoms with E-state index in [9.17, 15) is 4.79 Å². The van der Waals surface area contributed by atoms with E-state index in [1.54, 1.807) is 7.11 Å². The van der Waals surface area contributed by atoms with Crippen LogP contribution in [0.3, 0.4) is 0 Å². The lowest BCUT2D eigenvalue weighted by atomic mass is 9.87. The molecule has 0 bridgehead atoms. The molecule has 3 heteroatoms. The molecular formula is C8H16O3. The molecule has 0 aromatic rings. The molecule has 1 N–H and O–H groups in total. The highest BCUT2D eigenvalue weighted by Gasteiger charge is 2.26. The first-order valence-corrected chi connectivity index (χ1v) is 3.62. The number of carboxylic acid groups (broad SMARTS) is 1. The summed E-state index contributed by atoms with van der Waals surface area (Å²) in [6.07, 6.45) is -0.139. The molecule has 0 aliphatic heterocycles. The molecule has 0 amide bonds. The number of carboxylic acids is 1. The van der Waals surface area contributed by atoms with Crippen molar-refractivity contribution in [2.45, 2.75) is 33.3 Å².